The summed E-state index contributed by atoms with van der Waals surface area (Å²) in [5.74, 6) is 1.94. The van der Waals surface area contributed by atoms with Crippen LogP contribution in [0.15, 0.2) is 42.4 Å². The maximum atomic E-state index is 10.5. The van der Waals surface area contributed by atoms with E-state index in [-0.39, 0.29) is 6.04 Å². The van der Waals surface area contributed by atoms with Crippen molar-refractivity contribution in [3.8, 4) is 5.75 Å². The van der Waals surface area contributed by atoms with Crippen molar-refractivity contribution in [3.05, 3.63) is 57.6 Å². The first-order valence-electron chi connectivity index (χ1n) is 10.7. The third-order valence-electron chi connectivity index (χ3n) is 5.93. The Balaban J connectivity index is 1.75. The van der Waals surface area contributed by atoms with Gasteiger partial charge in [0.2, 0.25) is 0 Å². The van der Waals surface area contributed by atoms with E-state index in [0.717, 1.165) is 44.8 Å². The average Bonchev–Trinajstić information content (AvgIpc) is 2.69. The van der Waals surface area contributed by atoms with Gasteiger partial charge >= 0.3 is 192 Å². The van der Waals surface area contributed by atoms with E-state index in [1.165, 1.54) is 17.7 Å². The van der Waals surface area contributed by atoms with Crippen molar-refractivity contribution in [3.63, 3.8) is 0 Å². The van der Waals surface area contributed by atoms with Gasteiger partial charge in [-0.3, -0.25) is 0 Å². The first-order chi connectivity index (χ1) is 14.9. The third kappa shape index (κ3) is 4.27. The van der Waals surface area contributed by atoms with Crippen LogP contribution in [0.5, 0.6) is 5.75 Å². The molecule has 1 atom stereocenters. The predicted octanol–water partition coefficient (Wildman–Crippen LogP) is 5.76. The number of anilines is 2. The molecule has 31 heavy (non-hydrogen) atoms. The standard InChI is InChI=1S/C24H29N5O.V/c1-15(2)12-25-23-16(3)24(27-14-26-23)28-17(4)21-11-18-7-5-10-22(30)20(18)13-29(21)19-8-6-9-19;/h5,7,10-12,14,17,19,30H,6,8-9H2,1-4H3,(H2,25,26,27,28);/t17-;/m0./s1. The molecule has 6 nitrogen and oxygen atoms in total. The summed E-state index contributed by atoms with van der Waals surface area (Å²) in [6.45, 7) is 8.28. The molecule has 1 aliphatic carbocycles. The molecule has 7 heteroatoms. The van der Waals surface area contributed by atoms with Gasteiger partial charge in [-0.25, -0.2) is 0 Å². The van der Waals surface area contributed by atoms with E-state index < -0.39 is 0 Å². The second-order valence-corrected chi connectivity index (χ2v) is 9.18. The van der Waals surface area contributed by atoms with Crippen LogP contribution in [0.2, 0.25) is 0 Å². The Morgan fingerprint density at radius 2 is 2.00 bits per heavy atom. The number of rotatable bonds is 6. The molecular formula is C24H29N5OV. The van der Waals surface area contributed by atoms with Gasteiger partial charge in [0.25, 0.3) is 0 Å². The van der Waals surface area contributed by atoms with Crippen molar-refractivity contribution >= 4 is 22.4 Å². The van der Waals surface area contributed by atoms with Gasteiger partial charge in [0.15, 0.2) is 0 Å². The Bertz CT molecular complexity index is 1210. The molecule has 0 unspecified atom stereocenters. The molecule has 161 valence electrons. The number of pyridine rings is 1. The van der Waals surface area contributed by atoms with Gasteiger partial charge in [-0.05, 0) is 0 Å². The molecule has 0 amide bonds. The van der Waals surface area contributed by atoms with E-state index in [4.69, 9.17) is 0 Å². The molecule has 1 aliphatic rings. The molecule has 0 aliphatic heterocycles. The number of phenols is 1. The molecule has 0 bridgehead atoms. The van der Waals surface area contributed by atoms with E-state index in [1.807, 2.05) is 33.0 Å². The van der Waals surface area contributed by atoms with Crippen LogP contribution in [0.3, 0.4) is 0 Å². The molecule has 3 aromatic rings. The van der Waals surface area contributed by atoms with Crippen molar-refractivity contribution < 1.29 is 22.1 Å². The number of allylic oxidation sites excluding steroid dienone is 1. The van der Waals surface area contributed by atoms with Gasteiger partial charge in [-0.15, -0.1) is 0 Å². The van der Waals surface area contributed by atoms with E-state index in [2.05, 4.69) is 61.2 Å². The Morgan fingerprint density at radius 3 is 2.68 bits per heavy atom. The Morgan fingerprint density at radius 1 is 1.26 bits per heavy atom. The van der Waals surface area contributed by atoms with Crippen molar-refractivity contribution in [2.24, 2.45) is 0 Å². The van der Waals surface area contributed by atoms with Gasteiger partial charge in [-0.2, -0.15) is 0 Å². The van der Waals surface area contributed by atoms with Gasteiger partial charge in [0, 0.05) is 0 Å². The summed E-state index contributed by atoms with van der Waals surface area (Å²) >= 11 is 2.68. The van der Waals surface area contributed by atoms with Crippen LogP contribution in [-0.2, 0) is 17.0 Å². The fraction of sp³-hybridized carbons (Fsp3) is 0.375. The molecule has 1 fully saturated rings. The molecule has 0 saturated heterocycles. The van der Waals surface area contributed by atoms with Crippen molar-refractivity contribution in [1.82, 2.24) is 14.5 Å². The zero-order valence-electron chi connectivity index (χ0n) is 18.5. The molecule has 1 saturated carbocycles. The number of phenolic OH excluding ortho intramolecular Hbond substituents is 1. The third-order valence-corrected chi connectivity index (χ3v) is 6.61. The Labute approximate surface area is 191 Å². The topological polar surface area (TPSA) is 75.0 Å². The summed E-state index contributed by atoms with van der Waals surface area (Å²) in [5.41, 5.74) is 3.35. The molecule has 0 radical (unpaired) electrons. The molecular weight excluding hydrogens is 425 g/mol. The predicted molar refractivity (Wildman–Crippen MR) is 122 cm³/mol. The zero-order valence-corrected chi connectivity index (χ0v) is 19.9. The fourth-order valence-electron chi connectivity index (χ4n) is 3.99. The Hall–Kier alpha value is -2.57. The average molecular weight is 454 g/mol. The monoisotopic (exact) mass is 454 g/mol. The number of benzene rings is 1. The van der Waals surface area contributed by atoms with E-state index in [1.54, 1.807) is 12.4 Å². The zero-order chi connectivity index (χ0) is 22.1. The summed E-state index contributed by atoms with van der Waals surface area (Å²) in [6, 6.07) is 8.40. The van der Waals surface area contributed by atoms with Crippen LogP contribution in [0.1, 0.15) is 63.4 Å². The first-order valence-corrected chi connectivity index (χ1v) is 11.4. The second-order valence-electron chi connectivity index (χ2n) is 8.52. The Kier molecular flexibility index (Phi) is 6.21. The maximum absolute atomic E-state index is 10.5. The van der Waals surface area contributed by atoms with Crippen LogP contribution < -0.4 is 10.6 Å². The van der Waals surface area contributed by atoms with E-state index >= 15 is 0 Å². The van der Waals surface area contributed by atoms with Crippen molar-refractivity contribution in [2.75, 3.05) is 10.6 Å². The summed E-state index contributed by atoms with van der Waals surface area (Å²) in [7, 11) is 0. The molecule has 4 rings (SSSR count). The molecule has 1 aromatic carbocycles. The summed E-state index contributed by atoms with van der Waals surface area (Å²) in [5, 5.41) is 19.3. The molecule has 2 aromatic heterocycles. The summed E-state index contributed by atoms with van der Waals surface area (Å²) in [4.78, 5) is 8.88. The minimum atomic E-state index is 0.0279. The normalized spacial score (nSPS) is 14.7. The molecule has 2 heterocycles. The number of hydrogen-bond donors (Lipinski definition) is 3. The van der Waals surface area contributed by atoms with Crippen LogP contribution in [0, 0.1) is 10.9 Å². The minimum absolute atomic E-state index is 0.0279. The van der Waals surface area contributed by atoms with E-state index in [9.17, 15) is 5.11 Å². The summed E-state index contributed by atoms with van der Waals surface area (Å²) in [6.07, 6.45) is 7.11. The number of nitrogens with one attached hydrogen (secondary N) is 2. The summed E-state index contributed by atoms with van der Waals surface area (Å²) < 4.78 is 3.45. The number of nitrogens with zero attached hydrogens (tertiary/aromatic N) is 3. The van der Waals surface area contributed by atoms with Crippen LogP contribution >= 0.6 is 0 Å². The van der Waals surface area contributed by atoms with Gasteiger partial charge in [0.05, 0.1) is 0 Å². The number of aromatic nitrogens is 3. The molecule has 3 N–H and O–H groups in total. The molecule has 0 spiro atoms. The van der Waals surface area contributed by atoms with Crippen molar-refractivity contribution in [2.45, 2.75) is 59.0 Å². The SMILES string of the molecule is CC(C)=CNc1ncnc(N[C@@H](C)c2cc3cccc(O)c3[c](=[V])n2C2CCC2)c1C. The number of aromatic hydroxyl groups is 1. The van der Waals surface area contributed by atoms with Crippen LogP contribution in [0.25, 0.3) is 10.8 Å². The number of hydrogen-bond acceptors (Lipinski definition) is 5. The fourth-order valence-corrected chi connectivity index (χ4v) is 4.80. The van der Waals surface area contributed by atoms with Gasteiger partial charge in [0.1, 0.15) is 0 Å². The quantitative estimate of drug-likeness (QED) is 0.442. The number of fused-ring (bicyclic) bond motifs is 1. The van der Waals surface area contributed by atoms with E-state index in [0.29, 0.717) is 11.8 Å². The van der Waals surface area contributed by atoms with Crippen molar-refractivity contribution in [1.29, 1.82) is 0 Å². The second kappa shape index (κ2) is 8.89. The van der Waals surface area contributed by atoms with Crippen LogP contribution in [0.4, 0.5) is 11.6 Å². The first kappa shape index (κ1) is 21.7. The van der Waals surface area contributed by atoms with Gasteiger partial charge < -0.3 is 0 Å². The van der Waals surface area contributed by atoms with Gasteiger partial charge in [-0.1, -0.05) is 0 Å². The van der Waals surface area contributed by atoms with Crippen LogP contribution in [-0.4, -0.2) is 19.6 Å².